The number of amides is 7. The molecule has 121 heavy (non-hydrogen) atoms. The molecule has 8 aliphatic rings. The number of hydrogen-bond donors (Lipinski definition) is 21. The molecule has 39 heteroatoms. The van der Waals surface area contributed by atoms with E-state index in [-0.39, 0.29) is 40.4 Å². The van der Waals surface area contributed by atoms with E-state index < -0.39 is 271 Å². The van der Waals surface area contributed by atoms with Gasteiger partial charge in [0, 0.05) is 47.2 Å². The van der Waals surface area contributed by atoms with Crippen LogP contribution in [0.1, 0.15) is 140 Å². The summed E-state index contributed by atoms with van der Waals surface area (Å²) in [6.45, 7) is 1.09. The van der Waals surface area contributed by atoms with Crippen LogP contribution in [0.25, 0.3) is 11.1 Å². The van der Waals surface area contributed by atoms with Crippen molar-refractivity contribution in [2.24, 2.45) is 0 Å². The van der Waals surface area contributed by atoms with Crippen molar-refractivity contribution < 1.29 is 143 Å². The largest absolute Gasteiger partial charge is 0.508 e. The molecule has 0 aliphatic carbocycles. The average molecular weight is 1720 g/mol. The predicted octanol–water partition coefficient (Wildman–Crippen LogP) is 3.94. The standard InChI is InChI=1S/C82H86Cl2N8O29/c1-3-4-5-6-7-8-9-10-11-55(98)87-64-67(101)69(103)72(80(113)114)121-81(64)120-71-52-26-37-27-53(71)117-49-21-16-36(24-44(49)83)65(99)63-78(110)91-62(79(111)112)42-28-38(94)29-51(118-82-70(104)68(102)66(100)54(32-93)119-82)56(42)41-23-34(14-19-46(41)95)59(75(107)92-63)88-76(108)60(37)89-77(109)61-43-30-40(31-48(97)57(43)84)116-50-25-35(15-20-47(50)96)58(85-2)74(106)86-45(73(105)90-61)22-33-12-17-39(115-52)18-13-33/h12-21,23-31,45,54,58-70,72,81-82,85,93-97,99-104H,3-11,22,32H2,1-2H3,(H,86,106)(H,87,98)(H,88,108)(H,89,109)(H,90,105)(H,91,110)(H,92,107)(H,111,112)(H,113,114)/t45-,54+,58+,59-,60+,61-,62?,63?,64+,65-,66+,67+,68+,69+,70+,72-,81-,82+/m1/s1. The highest BCUT2D eigenvalue weighted by molar-refractivity contribution is 6.33. The molecule has 0 aromatic heterocycles. The summed E-state index contributed by atoms with van der Waals surface area (Å²) in [5.74, 6) is -19.5. The van der Waals surface area contributed by atoms with Crippen molar-refractivity contribution >= 4 is 76.5 Å². The number of aliphatic hydroxyl groups excluding tert-OH is 7. The van der Waals surface area contributed by atoms with Gasteiger partial charge in [-0.25, -0.2) is 9.59 Å². The second-order valence-corrected chi connectivity index (χ2v) is 30.5. The van der Waals surface area contributed by atoms with Crippen molar-refractivity contribution in [3.8, 4) is 80.1 Å². The lowest BCUT2D eigenvalue weighted by Crippen LogP contribution is -2.66. The van der Waals surface area contributed by atoms with E-state index in [1.54, 1.807) is 0 Å². The van der Waals surface area contributed by atoms with Crippen LogP contribution in [0.2, 0.25) is 10.0 Å². The summed E-state index contributed by atoms with van der Waals surface area (Å²) in [6.07, 6.45) is -15.2. The Morgan fingerprint density at radius 1 is 0.521 bits per heavy atom. The van der Waals surface area contributed by atoms with Crippen LogP contribution in [0.4, 0.5) is 0 Å². The molecule has 17 bridgehead atoms. The Morgan fingerprint density at radius 2 is 1.16 bits per heavy atom. The fraction of sp³-hybridized carbons (Fsp3) is 0.378. The Morgan fingerprint density at radius 3 is 1.84 bits per heavy atom. The zero-order chi connectivity index (χ0) is 86.7. The zero-order valence-corrected chi connectivity index (χ0v) is 65.8. The highest BCUT2D eigenvalue weighted by atomic mass is 35.5. The number of aromatic hydroxyl groups is 4. The minimum absolute atomic E-state index is 0.150. The highest BCUT2D eigenvalue weighted by Crippen LogP contribution is 2.50. The summed E-state index contributed by atoms with van der Waals surface area (Å²) < 4.78 is 43.9. The minimum atomic E-state index is -2.47. The number of aliphatic carboxylic acids is 2. The molecule has 642 valence electrons. The van der Waals surface area contributed by atoms with Gasteiger partial charge in [-0.15, -0.1) is 0 Å². The van der Waals surface area contributed by atoms with Crippen molar-refractivity contribution in [1.29, 1.82) is 0 Å². The fourth-order valence-electron chi connectivity index (χ4n) is 15.1. The molecular formula is C82H86Cl2N8O29. The molecule has 21 N–H and O–H groups in total. The van der Waals surface area contributed by atoms with Crippen LogP contribution in [0.15, 0.2) is 115 Å². The molecule has 8 aliphatic heterocycles. The number of ether oxygens (including phenoxy) is 7. The van der Waals surface area contributed by atoms with E-state index in [0.717, 1.165) is 111 Å². The van der Waals surface area contributed by atoms with Gasteiger partial charge in [-0.3, -0.25) is 33.6 Å². The van der Waals surface area contributed by atoms with Gasteiger partial charge in [0.1, 0.15) is 125 Å². The summed E-state index contributed by atoms with van der Waals surface area (Å²) in [5.41, 5.74) is -3.28. The van der Waals surface area contributed by atoms with Crippen LogP contribution in [-0.4, -0.2) is 207 Å². The molecule has 0 spiro atoms. The quantitative estimate of drug-likeness (QED) is 0.0541. The Labute approximate surface area is 697 Å². The molecule has 2 fully saturated rings. The first-order chi connectivity index (χ1) is 57.8. The van der Waals surface area contributed by atoms with Crippen LogP contribution < -0.4 is 66.2 Å². The topological polar surface area (TPSA) is 577 Å². The predicted molar refractivity (Wildman–Crippen MR) is 419 cm³/mol. The molecule has 7 amide bonds. The Bertz CT molecular complexity index is 5160. The lowest BCUT2D eigenvalue weighted by molar-refractivity contribution is -0.277. The van der Waals surface area contributed by atoms with E-state index in [2.05, 4.69) is 49.5 Å². The molecule has 0 radical (unpaired) electrons. The number of carboxylic acid groups (broad SMARTS) is 2. The molecule has 8 heterocycles. The molecule has 18 atom stereocenters. The summed E-state index contributed by atoms with van der Waals surface area (Å²) >= 11 is 14.2. The molecule has 2 saturated heterocycles. The fourth-order valence-corrected chi connectivity index (χ4v) is 15.5. The van der Waals surface area contributed by atoms with Gasteiger partial charge < -0.3 is 142 Å². The first-order valence-electron chi connectivity index (χ1n) is 38.6. The van der Waals surface area contributed by atoms with Gasteiger partial charge in [0.2, 0.25) is 59.7 Å². The maximum absolute atomic E-state index is 16.7. The van der Waals surface area contributed by atoms with E-state index >= 15 is 24.0 Å². The summed E-state index contributed by atoms with van der Waals surface area (Å²) in [4.78, 5) is 136. The van der Waals surface area contributed by atoms with Gasteiger partial charge in [0.15, 0.2) is 35.1 Å². The van der Waals surface area contributed by atoms with Crippen molar-refractivity contribution in [2.45, 2.75) is 181 Å². The van der Waals surface area contributed by atoms with Gasteiger partial charge in [0.05, 0.1) is 16.7 Å². The van der Waals surface area contributed by atoms with Crippen molar-refractivity contribution in [3.63, 3.8) is 0 Å². The van der Waals surface area contributed by atoms with Gasteiger partial charge in [-0.2, -0.15) is 0 Å². The summed E-state index contributed by atoms with van der Waals surface area (Å²) in [5, 5.41) is 167. The lowest BCUT2D eigenvalue weighted by Gasteiger charge is -2.41. The number of aliphatic hydroxyl groups is 7. The number of unbranched alkanes of at least 4 members (excludes halogenated alkanes) is 7. The molecular weight excluding hydrogens is 1630 g/mol. The number of nitrogens with one attached hydrogen (secondary N) is 8. The smallest absolute Gasteiger partial charge is 0.335 e. The van der Waals surface area contributed by atoms with Crippen LogP contribution in [0, 0.1) is 0 Å². The third-order valence-corrected chi connectivity index (χ3v) is 22.2. The number of carboxylic acids is 2. The first-order valence-corrected chi connectivity index (χ1v) is 39.3. The number of carbonyl (C=O) groups excluding carboxylic acids is 7. The number of rotatable bonds is 18. The van der Waals surface area contributed by atoms with Crippen molar-refractivity contribution in [2.75, 3.05) is 13.7 Å². The zero-order valence-electron chi connectivity index (χ0n) is 64.2. The van der Waals surface area contributed by atoms with Crippen LogP contribution >= 0.6 is 23.2 Å². The number of benzene rings is 7. The highest BCUT2D eigenvalue weighted by Gasteiger charge is 2.52. The molecule has 7 aromatic rings. The van der Waals surface area contributed by atoms with E-state index in [1.165, 1.54) is 49.5 Å². The van der Waals surface area contributed by atoms with E-state index in [1.807, 2.05) is 0 Å². The number of halogens is 2. The lowest BCUT2D eigenvalue weighted by atomic mass is 9.89. The summed E-state index contributed by atoms with van der Waals surface area (Å²) in [7, 11) is 1.42. The van der Waals surface area contributed by atoms with Gasteiger partial charge >= 0.3 is 11.9 Å². The molecule has 37 nitrogen and oxygen atoms in total. The maximum atomic E-state index is 16.7. The SMILES string of the molecule is CCCCCCCCCCC(=O)N[C@@H]1[C@H](Oc2c3cc4cc2Oc2ccc(cc2Cl)[C@@H](O)C2NC(=O)[C@H](NC(=O)[C@H]4NC(=O)[C@@H]4NC(=O)[C@@H](Cc5ccc(cc5)O3)NC(=O)[C@@H](NC)c3ccc(O)c(c3)Oc3cc(O)c(Cl)c4c3)c3ccc(O)c(c3)-c3c(O[C@H]4O[C@@H](CO)[C@H](O)[C@H](O)[C@@H]4O)cc(O)cc3C(C(=O)O)NC2=O)O[C@@H](C(=O)O)[C@@H](O)[C@H]1O. The number of carbonyl (C=O) groups is 9. The molecule has 2 unspecified atom stereocenters. The summed E-state index contributed by atoms with van der Waals surface area (Å²) in [6, 6.07) is 4.41. The Balaban J connectivity index is 1.04. The second-order valence-electron chi connectivity index (χ2n) is 29.8. The normalized spacial score (nSPS) is 26.6. The first kappa shape index (κ1) is 87.0. The van der Waals surface area contributed by atoms with E-state index in [4.69, 9.17) is 56.4 Å². The van der Waals surface area contributed by atoms with Crippen LogP contribution in [0.3, 0.4) is 0 Å². The van der Waals surface area contributed by atoms with Gasteiger partial charge in [-0.1, -0.05) is 105 Å². The average Bonchev–Trinajstić information content (AvgIpc) is 0.749. The molecule has 15 rings (SSSR count). The number of phenolic OH excluding ortho intramolecular Hbond substituents is 4. The van der Waals surface area contributed by atoms with Gasteiger partial charge in [0.25, 0.3) is 0 Å². The third kappa shape index (κ3) is 18.7. The van der Waals surface area contributed by atoms with E-state index in [9.17, 15) is 85.6 Å². The van der Waals surface area contributed by atoms with Crippen LogP contribution in [-0.2, 0) is 59.0 Å². The van der Waals surface area contributed by atoms with Crippen LogP contribution in [0.5, 0.6) is 69.0 Å². The monoisotopic (exact) mass is 1720 g/mol. The molecule has 0 saturated carbocycles. The maximum Gasteiger partial charge on any atom is 0.335 e. The number of hydrogen-bond acceptors (Lipinski definition) is 28. The van der Waals surface area contributed by atoms with Crippen molar-refractivity contribution in [1.82, 2.24) is 42.5 Å². The Kier molecular flexibility index (Phi) is 26.6. The minimum Gasteiger partial charge on any atom is -0.508 e. The van der Waals surface area contributed by atoms with E-state index in [0.29, 0.717) is 12.8 Å². The third-order valence-electron chi connectivity index (χ3n) is 21.5. The Hall–Kier alpha value is -11.8. The molecule has 7 aromatic carbocycles. The second kappa shape index (κ2) is 37.0. The van der Waals surface area contributed by atoms with Crippen molar-refractivity contribution in [3.05, 3.63) is 164 Å². The number of phenols is 4. The van der Waals surface area contributed by atoms with Gasteiger partial charge in [-0.05, 0) is 114 Å². The number of fused-ring (bicyclic) bond motifs is 14. The number of likely N-dealkylation sites (N-methyl/N-ethyl adjacent to an activating group) is 1.